The molecular formula is C21H29N5O3S. The maximum absolute atomic E-state index is 12.7. The second-order valence-corrected chi connectivity index (χ2v) is 8.01. The lowest BCUT2D eigenvalue weighted by molar-refractivity contribution is -0.384. The first kappa shape index (κ1) is 22.0. The first-order valence-corrected chi connectivity index (χ1v) is 11.3. The van der Waals surface area contributed by atoms with E-state index in [1.165, 1.54) is 17.7 Å². The van der Waals surface area contributed by atoms with Gasteiger partial charge in [-0.25, -0.2) is 4.79 Å². The van der Waals surface area contributed by atoms with Crippen molar-refractivity contribution in [2.75, 3.05) is 50.7 Å². The maximum atomic E-state index is 12.7. The normalized spacial score (nSPS) is 15.3. The Morgan fingerprint density at radius 3 is 2.37 bits per heavy atom. The lowest BCUT2D eigenvalue weighted by Gasteiger charge is -2.36. The van der Waals surface area contributed by atoms with E-state index in [1.807, 2.05) is 4.90 Å². The second-order valence-electron chi connectivity index (χ2n) is 7.23. The zero-order valence-electron chi connectivity index (χ0n) is 17.5. The van der Waals surface area contributed by atoms with Crippen LogP contribution in [0.4, 0.5) is 16.2 Å². The van der Waals surface area contributed by atoms with E-state index in [1.54, 1.807) is 23.5 Å². The Hall–Kier alpha value is -2.65. The predicted octanol–water partition coefficient (Wildman–Crippen LogP) is 3.57. The molecule has 2 heterocycles. The number of nitrogens with zero attached hydrogens (tertiary/aromatic N) is 4. The summed E-state index contributed by atoms with van der Waals surface area (Å²) in [5, 5.41) is 18.2. The van der Waals surface area contributed by atoms with Crippen molar-refractivity contribution in [3.05, 3.63) is 56.8 Å². The summed E-state index contributed by atoms with van der Waals surface area (Å²) in [5.74, 6) is 0. The number of nitrogens with one attached hydrogen (secondary N) is 1. The number of hydrogen-bond donors (Lipinski definition) is 1. The van der Waals surface area contributed by atoms with E-state index < -0.39 is 4.92 Å². The van der Waals surface area contributed by atoms with Gasteiger partial charge in [0.1, 0.15) is 0 Å². The Labute approximate surface area is 181 Å². The highest BCUT2D eigenvalue weighted by molar-refractivity contribution is 7.07. The van der Waals surface area contributed by atoms with Crippen LogP contribution >= 0.6 is 11.3 Å². The third kappa shape index (κ3) is 5.28. The third-order valence-electron chi connectivity index (χ3n) is 5.62. The van der Waals surface area contributed by atoms with Crippen LogP contribution in [0.1, 0.15) is 25.5 Å². The number of carbonyl (C=O) groups is 1. The van der Waals surface area contributed by atoms with Crippen molar-refractivity contribution in [1.29, 1.82) is 0 Å². The van der Waals surface area contributed by atoms with Crippen LogP contribution in [0.15, 0.2) is 41.1 Å². The van der Waals surface area contributed by atoms with E-state index in [0.29, 0.717) is 32.7 Å². The van der Waals surface area contributed by atoms with Gasteiger partial charge in [-0.1, -0.05) is 13.8 Å². The largest absolute Gasteiger partial charge is 0.368 e. The Morgan fingerprint density at radius 2 is 1.83 bits per heavy atom. The van der Waals surface area contributed by atoms with Gasteiger partial charge in [-0.2, -0.15) is 11.3 Å². The van der Waals surface area contributed by atoms with Crippen molar-refractivity contribution in [1.82, 2.24) is 15.1 Å². The summed E-state index contributed by atoms with van der Waals surface area (Å²) in [5.41, 5.74) is 2.27. The number of anilines is 1. The van der Waals surface area contributed by atoms with Crippen molar-refractivity contribution in [2.24, 2.45) is 0 Å². The average Bonchev–Trinajstić information content (AvgIpc) is 3.31. The SMILES string of the molecule is CCN(CC)C(CNC(=O)N1CCN(c2ccc([N+](=O)[O-])cc2)CC1)c1ccsc1. The van der Waals surface area contributed by atoms with Gasteiger partial charge in [0.25, 0.3) is 5.69 Å². The van der Waals surface area contributed by atoms with Crippen LogP contribution in [-0.2, 0) is 0 Å². The lowest BCUT2D eigenvalue weighted by Crippen LogP contribution is -2.52. The van der Waals surface area contributed by atoms with Crippen molar-refractivity contribution < 1.29 is 9.72 Å². The summed E-state index contributed by atoms with van der Waals surface area (Å²) >= 11 is 1.68. The number of rotatable bonds is 8. The molecule has 1 unspecified atom stereocenters. The Bertz CT molecular complexity index is 816. The molecule has 1 aromatic carbocycles. The van der Waals surface area contributed by atoms with Crippen LogP contribution in [0.2, 0.25) is 0 Å². The maximum Gasteiger partial charge on any atom is 0.317 e. The molecule has 3 rings (SSSR count). The second kappa shape index (κ2) is 10.4. The highest BCUT2D eigenvalue weighted by Crippen LogP contribution is 2.23. The van der Waals surface area contributed by atoms with Crippen molar-refractivity contribution >= 4 is 28.7 Å². The smallest absolute Gasteiger partial charge is 0.317 e. The molecule has 1 aromatic heterocycles. The number of nitro benzene ring substituents is 1. The number of hydrogen-bond acceptors (Lipinski definition) is 6. The number of non-ortho nitro benzene ring substituents is 1. The van der Waals surface area contributed by atoms with Gasteiger partial charge in [-0.15, -0.1) is 0 Å². The molecule has 2 amide bonds. The highest BCUT2D eigenvalue weighted by Gasteiger charge is 2.24. The summed E-state index contributed by atoms with van der Waals surface area (Å²) in [6, 6.07) is 8.84. The van der Waals surface area contributed by atoms with E-state index in [9.17, 15) is 14.9 Å². The minimum absolute atomic E-state index is 0.0364. The first-order chi connectivity index (χ1) is 14.5. The summed E-state index contributed by atoms with van der Waals surface area (Å²) in [6.45, 7) is 9.38. The predicted molar refractivity (Wildman–Crippen MR) is 120 cm³/mol. The molecule has 1 fully saturated rings. The van der Waals surface area contributed by atoms with Crippen molar-refractivity contribution in [2.45, 2.75) is 19.9 Å². The number of thiophene rings is 1. The van der Waals surface area contributed by atoms with Crippen LogP contribution in [-0.4, -0.2) is 66.6 Å². The molecule has 1 atom stereocenters. The molecule has 0 bridgehead atoms. The van der Waals surface area contributed by atoms with Gasteiger partial charge in [-0.05, 0) is 47.6 Å². The molecule has 162 valence electrons. The van der Waals surface area contributed by atoms with Crippen molar-refractivity contribution in [3.63, 3.8) is 0 Å². The molecule has 9 heteroatoms. The minimum Gasteiger partial charge on any atom is -0.368 e. The zero-order valence-corrected chi connectivity index (χ0v) is 18.3. The van der Waals surface area contributed by atoms with Crippen molar-refractivity contribution in [3.8, 4) is 0 Å². The molecule has 0 radical (unpaired) electrons. The standard InChI is InChI=1S/C21H29N5O3S/c1-3-23(4-2)20(17-9-14-30-16-17)15-22-21(27)25-12-10-24(11-13-25)18-5-7-19(8-6-18)26(28)29/h5-9,14,16,20H,3-4,10-13,15H2,1-2H3,(H,22,27). The van der Waals surface area contributed by atoms with E-state index in [0.717, 1.165) is 18.8 Å². The van der Waals surface area contributed by atoms with Crippen LogP contribution in [0.5, 0.6) is 0 Å². The molecule has 8 nitrogen and oxygen atoms in total. The minimum atomic E-state index is -0.395. The van der Waals surface area contributed by atoms with Crippen LogP contribution in [0.25, 0.3) is 0 Å². The van der Waals surface area contributed by atoms with Gasteiger partial charge in [0.15, 0.2) is 0 Å². The van der Waals surface area contributed by atoms with E-state index >= 15 is 0 Å². The quantitative estimate of drug-likeness (QED) is 0.510. The number of amides is 2. The molecule has 1 N–H and O–H groups in total. The number of carbonyl (C=O) groups excluding carboxylic acids is 1. The molecule has 0 aliphatic carbocycles. The summed E-state index contributed by atoms with van der Waals surface area (Å²) in [6.07, 6.45) is 0. The molecule has 0 spiro atoms. The molecule has 1 aliphatic rings. The third-order valence-corrected chi connectivity index (χ3v) is 6.32. The van der Waals surface area contributed by atoms with Gasteiger partial charge < -0.3 is 15.1 Å². The summed E-state index contributed by atoms with van der Waals surface area (Å²) in [7, 11) is 0. The Balaban J connectivity index is 1.52. The topological polar surface area (TPSA) is 82.0 Å². The van der Waals surface area contributed by atoms with E-state index in [-0.39, 0.29) is 17.8 Å². The van der Waals surface area contributed by atoms with E-state index in [2.05, 4.69) is 45.8 Å². The Kier molecular flexibility index (Phi) is 7.64. The average molecular weight is 432 g/mol. The molecule has 2 aromatic rings. The van der Waals surface area contributed by atoms with Crippen LogP contribution in [0, 0.1) is 10.1 Å². The molecule has 30 heavy (non-hydrogen) atoms. The fourth-order valence-corrected chi connectivity index (χ4v) is 4.54. The van der Waals surface area contributed by atoms with Crippen LogP contribution in [0.3, 0.4) is 0 Å². The Morgan fingerprint density at radius 1 is 1.17 bits per heavy atom. The van der Waals surface area contributed by atoms with Gasteiger partial charge in [0.05, 0.1) is 11.0 Å². The molecule has 1 saturated heterocycles. The highest BCUT2D eigenvalue weighted by atomic mass is 32.1. The van der Waals surface area contributed by atoms with Gasteiger partial charge in [-0.3, -0.25) is 15.0 Å². The molecule has 0 saturated carbocycles. The number of urea groups is 1. The summed E-state index contributed by atoms with van der Waals surface area (Å²) in [4.78, 5) is 29.5. The summed E-state index contributed by atoms with van der Waals surface area (Å²) < 4.78 is 0. The number of nitro groups is 1. The first-order valence-electron chi connectivity index (χ1n) is 10.3. The van der Waals surface area contributed by atoms with Gasteiger partial charge in [0, 0.05) is 50.5 Å². The molecular weight excluding hydrogens is 402 g/mol. The fraction of sp³-hybridized carbons (Fsp3) is 0.476. The lowest BCUT2D eigenvalue weighted by atomic mass is 10.1. The van der Waals surface area contributed by atoms with Gasteiger partial charge in [0.2, 0.25) is 0 Å². The van der Waals surface area contributed by atoms with Gasteiger partial charge >= 0.3 is 6.03 Å². The fourth-order valence-electron chi connectivity index (χ4n) is 3.84. The zero-order chi connectivity index (χ0) is 21.5. The van der Waals surface area contributed by atoms with E-state index in [4.69, 9.17) is 0 Å². The van der Waals surface area contributed by atoms with Crippen LogP contribution < -0.4 is 10.2 Å². The monoisotopic (exact) mass is 431 g/mol. The number of piperazine rings is 1. The number of benzene rings is 1. The molecule has 1 aliphatic heterocycles. The number of likely N-dealkylation sites (N-methyl/N-ethyl adjacent to an activating group) is 1.